The van der Waals surface area contributed by atoms with Crippen LogP contribution in [0.25, 0.3) is 10.2 Å². The molecule has 57 heavy (non-hydrogen) atoms. The second-order valence-electron chi connectivity index (χ2n) is 14.2. The van der Waals surface area contributed by atoms with E-state index < -0.39 is 11.9 Å². The number of hydrogen-bond donors (Lipinski definition) is 2. The molecule has 3 aromatic carbocycles. The van der Waals surface area contributed by atoms with Gasteiger partial charge in [0.1, 0.15) is 28.0 Å². The van der Waals surface area contributed by atoms with Crippen LogP contribution in [-0.2, 0) is 14.3 Å². The lowest BCUT2D eigenvalue weighted by Crippen LogP contribution is -2.25. The molecule has 1 aliphatic carbocycles. The number of thiazole rings is 1. The van der Waals surface area contributed by atoms with Crippen LogP contribution in [0.5, 0.6) is 17.2 Å². The van der Waals surface area contributed by atoms with Crippen molar-refractivity contribution in [3.05, 3.63) is 95.5 Å². The maximum absolute atomic E-state index is 13.7. The Morgan fingerprint density at radius 2 is 1.60 bits per heavy atom. The fourth-order valence-electron chi connectivity index (χ4n) is 6.68. The van der Waals surface area contributed by atoms with Gasteiger partial charge in [0, 0.05) is 19.2 Å². The summed E-state index contributed by atoms with van der Waals surface area (Å²) < 4.78 is 23.9. The molecule has 0 saturated heterocycles. The summed E-state index contributed by atoms with van der Waals surface area (Å²) in [6, 6.07) is 19.6. The number of fused-ring (bicyclic) bond motifs is 1. The molecule has 304 valence electrons. The minimum atomic E-state index is -0.571. The van der Waals surface area contributed by atoms with Crippen LogP contribution in [-0.4, -0.2) is 60.1 Å². The lowest BCUT2D eigenvalue weighted by molar-refractivity contribution is -0.140. The van der Waals surface area contributed by atoms with Crippen LogP contribution in [0, 0.1) is 11.8 Å². The SMILES string of the molecule is C=CC(=O)OCCCCCCOc1ccc(C(=O)Oc2ccc(OC(=O)C3CCC(CC)CC3)cc2C(=NNCCCCCCO)c2nc3ccccc3s2)cc1. The van der Waals surface area contributed by atoms with E-state index in [2.05, 4.69) is 18.9 Å². The molecule has 12 heteroatoms. The highest BCUT2D eigenvalue weighted by Gasteiger charge is 2.28. The van der Waals surface area contributed by atoms with Crippen molar-refractivity contribution >= 4 is 45.2 Å². The Morgan fingerprint density at radius 1 is 0.877 bits per heavy atom. The number of hydrazone groups is 1. The van der Waals surface area contributed by atoms with Crippen molar-refractivity contribution in [3.63, 3.8) is 0 Å². The summed E-state index contributed by atoms with van der Waals surface area (Å²) in [5.74, 6) is 0.465. The maximum Gasteiger partial charge on any atom is 0.343 e. The van der Waals surface area contributed by atoms with E-state index in [9.17, 15) is 14.4 Å². The molecule has 1 saturated carbocycles. The number of nitrogens with zero attached hydrogens (tertiary/aromatic N) is 2. The summed E-state index contributed by atoms with van der Waals surface area (Å²) >= 11 is 1.47. The van der Waals surface area contributed by atoms with E-state index in [4.69, 9.17) is 34.1 Å². The number of unbranched alkanes of at least 4 members (excludes halogenated alkanes) is 6. The highest BCUT2D eigenvalue weighted by Crippen LogP contribution is 2.34. The van der Waals surface area contributed by atoms with Crippen LogP contribution >= 0.6 is 11.3 Å². The first-order valence-corrected chi connectivity index (χ1v) is 21.1. The van der Waals surface area contributed by atoms with Gasteiger partial charge >= 0.3 is 17.9 Å². The van der Waals surface area contributed by atoms with Gasteiger partial charge in [-0.15, -0.1) is 11.3 Å². The lowest BCUT2D eigenvalue weighted by Gasteiger charge is -2.26. The third-order valence-electron chi connectivity index (χ3n) is 10.1. The number of esters is 3. The Bertz CT molecular complexity index is 1900. The molecular formula is C45H55N3O8S. The predicted molar refractivity (Wildman–Crippen MR) is 223 cm³/mol. The number of benzene rings is 3. The molecule has 1 aromatic heterocycles. The molecule has 0 amide bonds. The van der Waals surface area contributed by atoms with E-state index in [-0.39, 0.29) is 24.2 Å². The Labute approximate surface area is 339 Å². The van der Waals surface area contributed by atoms with Crippen LogP contribution < -0.4 is 19.6 Å². The first kappa shape index (κ1) is 43.1. The van der Waals surface area contributed by atoms with Crippen LogP contribution in [0.15, 0.2) is 84.5 Å². The number of ether oxygens (including phenoxy) is 4. The molecular weight excluding hydrogens is 743 g/mol. The van der Waals surface area contributed by atoms with Crippen LogP contribution in [0.3, 0.4) is 0 Å². The summed E-state index contributed by atoms with van der Waals surface area (Å²) in [6.45, 7) is 7.24. The molecule has 0 aliphatic heterocycles. The van der Waals surface area contributed by atoms with Crippen LogP contribution in [0.4, 0.5) is 0 Å². The number of rotatable bonds is 23. The first-order valence-electron chi connectivity index (χ1n) is 20.3. The van der Waals surface area contributed by atoms with Crippen molar-refractivity contribution in [2.45, 2.75) is 90.4 Å². The van der Waals surface area contributed by atoms with E-state index in [0.717, 1.165) is 99.8 Å². The van der Waals surface area contributed by atoms with Crippen molar-refractivity contribution in [3.8, 4) is 17.2 Å². The zero-order chi connectivity index (χ0) is 40.2. The standard InChI is InChI=1S/C45H55N3O8S/c1-3-32-17-19-33(20-18-32)44(51)55-36-25-26-39(56-45(52)34-21-23-35(24-22-34)53-29-13-7-8-14-30-54-41(50)4-2)37(31-36)42(48-46-27-11-5-6-12-28-49)43-47-38-15-9-10-16-40(38)57-43/h4,9-10,15-16,21-26,31-33,46,49H,2-3,5-8,11-14,17-20,27-30H2,1H3. The van der Waals surface area contributed by atoms with Gasteiger partial charge in [-0.25, -0.2) is 14.6 Å². The van der Waals surface area contributed by atoms with Crippen molar-refractivity contribution in [2.75, 3.05) is 26.4 Å². The number of carbonyl (C=O) groups excluding carboxylic acids is 3. The van der Waals surface area contributed by atoms with Gasteiger partial charge in [-0.2, -0.15) is 5.10 Å². The second kappa shape index (κ2) is 23.2. The molecule has 0 bridgehead atoms. The van der Waals surface area contributed by atoms with Gasteiger partial charge in [0.05, 0.1) is 40.5 Å². The van der Waals surface area contributed by atoms with E-state index >= 15 is 0 Å². The van der Waals surface area contributed by atoms with Crippen molar-refractivity contribution in [1.82, 2.24) is 10.4 Å². The topological polar surface area (TPSA) is 146 Å². The molecule has 0 unspecified atom stereocenters. The molecule has 0 atom stereocenters. The Kier molecular flexibility index (Phi) is 17.5. The summed E-state index contributed by atoms with van der Waals surface area (Å²) in [4.78, 5) is 43.1. The van der Waals surface area contributed by atoms with Crippen molar-refractivity contribution in [2.24, 2.45) is 16.9 Å². The van der Waals surface area contributed by atoms with Crippen LogP contribution in [0.2, 0.25) is 0 Å². The summed E-state index contributed by atoms with van der Waals surface area (Å²) in [7, 11) is 0. The Hall–Kier alpha value is -5.07. The van der Waals surface area contributed by atoms with E-state index in [0.29, 0.717) is 59.0 Å². The molecule has 4 aromatic rings. The number of nitrogens with one attached hydrogen (secondary N) is 1. The van der Waals surface area contributed by atoms with E-state index in [1.165, 1.54) is 11.3 Å². The number of aliphatic hydroxyl groups excluding tert-OH is 1. The number of aliphatic hydroxyl groups is 1. The zero-order valence-corrected chi connectivity index (χ0v) is 33.7. The summed E-state index contributed by atoms with van der Waals surface area (Å²) in [5.41, 5.74) is 5.25. The molecule has 2 N–H and O–H groups in total. The van der Waals surface area contributed by atoms with Gasteiger partial charge in [0.2, 0.25) is 0 Å². The summed E-state index contributed by atoms with van der Waals surface area (Å²) in [5, 5.41) is 14.6. The quantitative estimate of drug-likeness (QED) is 0.0186. The Balaban J connectivity index is 1.33. The number of hydrogen-bond acceptors (Lipinski definition) is 12. The van der Waals surface area contributed by atoms with Gasteiger partial charge in [0.25, 0.3) is 0 Å². The van der Waals surface area contributed by atoms with Gasteiger partial charge in [0.15, 0.2) is 0 Å². The normalized spacial score (nSPS) is 15.5. The lowest BCUT2D eigenvalue weighted by atomic mass is 9.81. The minimum Gasteiger partial charge on any atom is -0.494 e. The molecule has 0 spiro atoms. The number of aromatic nitrogens is 1. The smallest absolute Gasteiger partial charge is 0.343 e. The number of carbonyl (C=O) groups is 3. The average Bonchev–Trinajstić information content (AvgIpc) is 3.67. The van der Waals surface area contributed by atoms with Crippen LogP contribution in [0.1, 0.15) is 111 Å². The molecule has 0 radical (unpaired) electrons. The molecule has 11 nitrogen and oxygen atoms in total. The third kappa shape index (κ3) is 13.5. The fourth-order valence-corrected chi connectivity index (χ4v) is 7.65. The van der Waals surface area contributed by atoms with Crippen molar-refractivity contribution < 1.29 is 38.4 Å². The predicted octanol–water partition coefficient (Wildman–Crippen LogP) is 9.20. The minimum absolute atomic E-state index is 0.161. The third-order valence-corrected chi connectivity index (χ3v) is 11.1. The van der Waals surface area contributed by atoms with Gasteiger partial charge < -0.3 is 29.5 Å². The average molecular weight is 798 g/mol. The Morgan fingerprint density at radius 3 is 2.33 bits per heavy atom. The van der Waals surface area contributed by atoms with Gasteiger partial charge in [-0.3, -0.25) is 4.79 Å². The summed E-state index contributed by atoms with van der Waals surface area (Å²) in [6.07, 6.45) is 12.9. The van der Waals surface area contributed by atoms with Gasteiger partial charge in [-0.1, -0.05) is 44.9 Å². The van der Waals surface area contributed by atoms with E-state index in [1.807, 2.05) is 24.3 Å². The van der Waals surface area contributed by atoms with Crippen molar-refractivity contribution in [1.29, 1.82) is 0 Å². The second-order valence-corrected chi connectivity index (χ2v) is 15.3. The van der Waals surface area contributed by atoms with E-state index in [1.54, 1.807) is 42.5 Å². The largest absolute Gasteiger partial charge is 0.494 e. The first-order chi connectivity index (χ1) is 27.9. The molecule has 5 rings (SSSR count). The molecule has 1 heterocycles. The zero-order valence-electron chi connectivity index (χ0n) is 32.9. The fraction of sp³-hybridized carbons (Fsp3) is 0.444. The highest BCUT2D eigenvalue weighted by molar-refractivity contribution is 7.20. The van der Waals surface area contributed by atoms with Gasteiger partial charge in [-0.05, 0) is 125 Å². The molecule has 1 aliphatic rings. The highest BCUT2D eigenvalue weighted by atomic mass is 32.1. The molecule has 1 fully saturated rings. The monoisotopic (exact) mass is 797 g/mol. The number of para-hydroxylation sites is 1. The maximum atomic E-state index is 13.7.